The Kier molecular flexibility index (Phi) is 9.52. The van der Waals surface area contributed by atoms with E-state index in [2.05, 4.69) is 0 Å². The van der Waals surface area contributed by atoms with E-state index >= 15 is 0 Å². The van der Waals surface area contributed by atoms with Gasteiger partial charge in [-0.3, -0.25) is 4.79 Å². The van der Waals surface area contributed by atoms with Crippen LogP contribution in [-0.4, -0.2) is 41.4 Å². The lowest BCUT2D eigenvalue weighted by molar-refractivity contribution is -0.278. The third-order valence-corrected chi connectivity index (χ3v) is 6.22. The predicted octanol–water partition coefficient (Wildman–Crippen LogP) is 5.64. The molecule has 3 rings (SSSR count). The molecular formula is C29H29F3O6. The molecule has 0 unspecified atom stereocenters. The van der Waals surface area contributed by atoms with Crippen LogP contribution in [0.2, 0.25) is 0 Å². The van der Waals surface area contributed by atoms with Crippen LogP contribution in [0.1, 0.15) is 36.0 Å². The van der Waals surface area contributed by atoms with Crippen LogP contribution in [0.3, 0.4) is 0 Å². The lowest BCUT2D eigenvalue weighted by Gasteiger charge is -2.33. The molecular weight excluding hydrogens is 501 g/mol. The Labute approximate surface area is 218 Å². The lowest BCUT2D eigenvalue weighted by Crippen LogP contribution is -2.52. The van der Waals surface area contributed by atoms with Gasteiger partial charge in [-0.05, 0) is 54.7 Å². The van der Waals surface area contributed by atoms with Crippen LogP contribution >= 0.6 is 0 Å². The number of phenolic OH excluding ortho intramolecular Hbond substituents is 2. The largest absolute Gasteiger partial charge is 0.508 e. The van der Waals surface area contributed by atoms with Crippen LogP contribution in [-0.2, 0) is 37.5 Å². The molecule has 0 saturated heterocycles. The minimum absolute atomic E-state index is 0.0547. The van der Waals surface area contributed by atoms with Crippen molar-refractivity contribution in [1.29, 1.82) is 0 Å². The van der Waals surface area contributed by atoms with E-state index in [1.165, 1.54) is 42.5 Å². The third-order valence-electron chi connectivity index (χ3n) is 6.22. The second-order valence-corrected chi connectivity index (χ2v) is 8.89. The van der Waals surface area contributed by atoms with Crippen molar-refractivity contribution in [3.8, 4) is 11.5 Å². The van der Waals surface area contributed by atoms with Gasteiger partial charge in [0.15, 0.2) is 0 Å². The number of aromatic hydroxyl groups is 2. The molecule has 0 bridgehead atoms. The van der Waals surface area contributed by atoms with Gasteiger partial charge in [0.2, 0.25) is 0 Å². The molecule has 6 nitrogen and oxygen atoms in total. The maximum Gasteiger partial charge on any atom is 0.432 e. The standard InChI is InChI=1S/C29H29F3O6/c1-37-28(29(30,31)32,22-5-3-2-4-6-22)27(36)38-26(18-12-21-9-15-24(34)16-10-21)19-25(35)17-11-20-7-13-23(33)14-8-20/h2-10,13-16,26,33-34H,11-12,17-19H2,1H3/t26-,28-/m1/s1. The monoisotopic (exact) mass is 530 g/mol. The van der Waals surface area contributed by atoms with Gasteiger partial charge in [0.05, 0.1) is 0 Å². The van der Waals surface area contributed by atoms with Crippen LogP contribution in [0, 0.1) is 0 Å². The fourth-order valence-corrected chi connectivity index (χ4v) is 4.12. The van der Waals surface area contributed by atoms with Gasteiger partial charge < -0.3 is 19.7 Å². The van der Waals surface area contributed by atoms with Crippen molar-refractivity contribution in [2.45, 2.75) is 50.0 Å². The summed E-state index contributed by atoms with van der Waals surface area (Å²) in [5.74, 6) is -1.80. The summed E-state index contributed by atoms with van der Waals surface area (Å²) in [6.07, 6.45) is -5.77. The number of alkyl halides is 3. The van der Waals surface area contributed by atoms with E-state index in [4.69, 9.17) is 9.47 Å². The van der Waals surface area contributed by atoms with Gasteiger partial charge in [0, 0.05) is 25.5 Å². The number of esters is 1. The molecule has 38 heavy (non-hydrogen) atoms. The molecule has 0 saturated carbocycles. The molecule has 2 atom stereocenters. The number of methoxy groups -OCH3 is 1. The molecule has 9 heteroatoms. The Morgan fingerprint density at radius 2 is 1.34 bits per heavy atom. The van der Waals surface area contributed by atoms with E-state index in [1.807, 2.05) is 0 Å². The van der Waals surface area contributed by atoms with Gasteiger partial charge in [-0.25, -0.2) is 4.79 Å². The summed E-state index contributed by atoms with van der Waals surface area (Å²) in [7, 11) is 0.788. The summed E-state index contributed by atoms with van der Waals surface area (Å²) >= 11 is 0. The molecule has 0 heterocycles. The SMILES string of the molecule is CO[C@@](C(=O)O[C@H](CCc1ccc(O)cc1)CC(=O)CCc1ccc(O)cc1)(c1ccccc1)C(F)(F)F. The molecule has 0 aromatic heterocycles. The molecule has 0 amide bonds. The zero-order valence-electron chi connectivity index (χ0n) is 20.8. The second-order valence-electron chi connectivity index (χ2n) is 8.89. The Hall–Kier alpha value is -3.85. The zero-order valence-corrected chi connectivity index (χ0v) is 20.8. The fourth-order valence-electron chi connectivity index (χ4n) is 4.12. The number of phenols is 2. The summed E-state index contributed by atoms with van der Waals surface area (Å²) in [5, 5.41) is 18.9. The smallest absolute Gasteiger partial charge is 0.432 e. The minimum atomic E-state index is -5.13. The Morgan fingerprint density at radius 3 is 1.84 bits per heavy atom. The Balaban J connectivity index is 1.80. The normalized spacial score (nSPS) is 13.9. The maximum absolute atomic E-state index is 14.3. The van der Waals surface area contributed by atoms with E-state index in [9.17, 15) is 33.0 Å². The Morgan fingerprint density at radius 1 is 0.816 bits per heavy atom. The van der Waals surface area contributed by atoms with Crippen molar-refractivity contribution >= 4 is 11.8 Å². The van der Waals surface area contributed by atoms with Gasteiger partial charge >= 0.3 is 12.1 Å². The predicted molar refractivity (Wildman–Crippen MR) is 134 cm³/mol. The molecule has 202 valence electrons. The number of hydrogen-bond acceptors (Lipinski definition) is 6. The fraction of sp³-hybridized carbons (Fsp3) is 0.310. The zero-order chi connectivity index (χ0) is 27.8. The average Bonchev–Trinajstić information content (AvgIpc) is 2.88. The first kappa shape index (κ1) is 28.7. The highest BCUT2D eigenvalue weighted by Crippen LogP contribution is 2.43. The van der Waals surface area contributed by atoms with Gasteiger partial charge in [-0.15, -0.1) is 0 Å². The van der Waals surface area contributed by atoms with Crippen LogP contribution in [0.4, 0.5) is 13.2 Å². The second kappa shape index (κ2) is 12.6. The number of rotatable bonds is 12. The van der Waals surface area contributed by atoms with Crippen molar-refractivity contribution in [2.75, 3.05) is 7.11 Å². The molecule has 0 aliphatic rings. The number of aryl methyl sites for hydroxylation is 2. The highest BCUT2D eigenvalue weighted by molar-refractivity contribution is 5.84. The van der Waals surface area contributed by atoms with Crippen LogP contribution in [0.15, 0.2) is 78.9 Å². The molecule has 0 radical (unpaired) electrons. The highest BCUT2D eigenvalue weighted by atomic mass is 19.4. The summed E-state index contributed by atoms with van der Waals surface area (Å²) in [6.45, 7) is 0. The first-order chi connectivity index (χ1) is 18.0. The van der Waals surface area contributed by atoms with Crippen LogP contribution < -0.4 is 0 Å². The molecule has 0 fully saturated rings. The first-order valence-electron chi connectivity index (χ1n) is 12.0. The van der Waals surface area contributed by atoms with Gasteiger partial charge in [0.1, 0.15) is 23.4 Å². The van der Waals surface area contributed by atoms with Crippen molar-refractivity contribution in [1.82, 2.24) is 0 Å². The lowest BCUT2D eigenvalue weighted by atomic mass is 9.92. The van der Waals surface area contributed by atoms with Crippen LogP contribution in [0.5, 0.6) is 11.5 Å². The Bertz CT molecular complexity index is 1190. The third kappa shape index (κ3) is 7.13. The van der Waals surface area contributed by atoms with Gasteiger partial charge in [-0.1, -0.05) is 54.6 Å². The van der Waals surface area contributed by atoms with E-state index in [0.29, 0.717) is 12.8 Å². The summed E-state index contributed by atoms with van der Waals surface area (Å²) in [5.41, 5.74) is -2.25. The van der Waals surface area contributed by atoms with Gasteiger partial charge in [0.25, 0.3) is 5.60 Å². The molecule has 3 aromatic carbocycles. The molecule has 0 aliphatic heterocycles. The number of carbonyl (C=O) groups excluding carboxylic acids is 2. The number of benzene rings is 3. The highest BCUT2D eigenvalue weighted by Gasteiger charge is 2.64. The minimum Gasteiger partial charge on any atom is -0.508 e. The van der Waals surface area contributed by atoms with Gasteiger partial charge in [-0.2, -0.15) is 13.2 Å². The van der Waals surface area contributed by atoms with Crippen LogP contribution in [0.25, 0.3) is 0 Å². The molecule has 3 aromatic rings. The molecule has 0 aliphatic carbocycles. The van der Waals surface area contributed by atoms with E-state index in [-0.39, 0.29) is 36.5 Å². The summed E-state index contributed by atoms with van der Waals surface area (Å²) in [6, 6.07) is 19.0. The first-order valence-corrected chi connectivity index (χ1v) is 12.0. The summed E-state index contributed by atoms with van der Waals surface area (Å²) in [4.78, 5) is 26.0. The molecule has 2 N–H and O–H groups in total. The quantitative estimate of drug-likeness (QED) is 0.295. The number of carbonyl (C=O) groups is 2. The molecule has 0 spiro atoms. The number of halogens is 3. The van der Waals surface area contributed by atoms with Crippen molar-refractivity contribution in [3.05, 3.63) is 95.6 Å². The van der Waals surface area contributed by atoms with Crippen molar-refractivity contribution in [2.24, 2.45) is 0 Å². The number of ether oxygens (including phenoxy) is 2. The number of ketones is 1. The summed E-state index contributed by atoms with van der Waals surface area (Å²) < 4.78 is 53.1. The topological polar surface area (TPSA) is 93.1 Å². The van der Waals surface area contributed by atoms with Crippen molar-refractivity contribution < 1.29 is 42.4 Å². The van der Waals surface area contributed by atoms with E-state index in [1.54, 1.807) is 24.3 Å². The van der Waals surface area contributed by atoms with Crippen molar-refractivity contribution in [3.63, 3.8) is 0 Å². The number of Topliss-reactive ketones (excluding diaryl/α,β-unsaturated/α-hetero) is 1. The maximum atomic E-state index is 14.3. The average molecular weight is 531 g/mol. The van der Waals surface area contributed by atoms with E-state index in [0.717, 1.165) is 30.4 Å². The number of hydrogen-bond donors (Lipinski definition) is 2. The van der Waals surface area contributed by atoms with E-state index < -0.39 is 29.4 Å².